The minimum absolute atomic E-state index is 0.220. The first-order valence-electron chi connectivity index (χ1n) is 9.42. The Kier molecular flexibility index (Phi) is 4.55. The third-order valence-corrected chi connectivity index (χ3v) is 6.81. The van der Waals surface area contributed by atoms with Crippen molar-refractivity contribution in [2.24, 2.45) is 34.8 Å². The smallest absolute Gasteiger partial charge is 0.223 e. The molecule has 3 fully saturated rings. The predicted molar refractivity (Wildman–Crippen MR) is 90.3 cm³/mol. The van der Waals surface area contributed by atoms with Crippen LogP contribution in [-0.2, 0) is 4.79 Å². The topological polar surface area (TPSA) is 55.1 Å². The van der Waals surface area contributed by atoms with Gasteiger partial charge in [0.15, 0.2) is 0 Å². The Morgan fingerprint density at radius 2 is 1.77 bits per heavy atom. The molecule has 0 aromatic heterocycles. The van der Waals surface area contributed by atoms with E-state index < -0.39 is 0 Å². The van der Waals surface area contributed by atoms with Gasteiger partial charge in [0, 0.05) is 18.0 Å². The summed E-state index contributed by atoms with van der Waals surface area (Å²) in [5, 5.41) is 3.40. The number of nitrogens with two attached hydrogens (primary N) is 1. The number of hydrogen-bond acceptors (Lipinski definition) is 2. The molecule has 3 aliphatic carbocycles. The Labute approximate surface area is 135 Å². The summed E-state index contributed by atoms with van der Waals surface area (Å²) in [6, 6.07) is 0.739. The molecule has 3 rings (SSSR count). The molecule has 22 heavy (non-hydrogen) atoms. The number of fused-ring (bicyclic) bond motifs is 2. The van der Waals surface area contributed by atoms with Gasteiger partial charge in [-0.25, -0.2) is 0 Å². The molecule has 3 heteroatoms. The number of carbonyl (C=O) groups excluding carboxylic acids is 1. The van der Waals surface area contributed by atoms with E-state index in [-0.39, 0.29) is 5.92 Å². The third kappa shape index (κ3) is 3.34. The molecule has 3 saturated carbocycles. The largest absolute Gasteiger partial charge is 0.353 e. The second-order valence-corrected chi connectivity index (χ2v) is 9.20. The molecule has 0 spiro atoms. The molecule has 0 aromatic rings. The van der Waals surface area contributed by atoms with E-state index in [1.807, 2.05) is 0 Å². The first-order valence-corrected chi connectivity index (χ1v) is 9.42. The standard InChI is InChI=1S/C19H34N2O/c1-12-11-19(2,3)8-7-16(12)21-18(22)15-9-13-5-4-6-14(10-15)17(13)20/h12-17H,4-11,20H2,1-3H3,(H,21,22). The minimum Gasteiger partial charge on any atom is -0.353 e. The molecule has 126 valence electrons. The van der Waals surface area contributed by atoms with Crippen LogP contribution in [0.3, 0.4) is 0 Å². The molecule has 0 radical (unpaired) electrons. The fourth-order valence-electron chi connectivity index (χ4n) is 5.46. The molecule has 0 heterocycles. The highest BCUT2D eigenvalue weighted by molar-refractivity contribution is 5.79. The number of hydrogen-bond donors (Lipinski definition) is 2. The third-order valence-electron chi connectivity index (χ3n) is 6.81. The summed E-state index contributed by atoms with van der Waals surface area (Å²) in [4.78, 5) is 12.8. The quantitative estimate of drug-likeness (QED) is 0.820. The maximum Gasteiger partial charge on any atom is 0.223 e. The lowest BCUT2D eigenvalue weighted by Gasteiger charge is -2.44. The lowest BCUT2D eigenvalue weighted by atomic mass is 9.64. The van der Waals surface area contributed by atoms with Crippen LogP contribution in [0.5, 0.6) is 0 Å². The average molecular weight is 306 g/mol. The van der Waals surface area contributed by atoms with Crippen molar-refractivity contribution in [3.05, 3.63) is 0 Å². The molecular formula is C19H34N2O. The summed E-state index contributed by atoms with van der Waals surface area (Å²) in [5.41, 5.74) is 6.79. The SMILES string of the molecule is CC1CC(C)(C)CCC1NC(=O)C1CC2CCCC(C1)C2N. The highest BCUT2D eigenvalue weighted by Gasteiger charge is 2.41. The van der Waals surface area contributed by atoms with Crippen LogP contribution in [0.2, 0.25) is 0 Å². The van der Waals surface area contributed by atoms with Crippen molar-refractivity contribution in [3.8, 4) is 0 Å². The zero-order chi connectivity index (χ0) is 15.9. The molecule has 0 saturated heterocycles. The van der Waals surface area contributed by atoms with Gasteiger partial charge in [-0.2, -0.15) is 0 Å². The van der Waals surface area contributed by atoms with Crippen molar-refractivity contribution in [1.29, 1.82) is 0 Å². The fourth-order valence-corrected chi connectivity index (χ4v) is 5.46. The molecule has 0 aliphatic heterocycles. The Morgan fingerprint density at radius 1 is 1.14 bits per heavy atom. The summed E-state index contributed by atoms with van der Waals surface area (Å²) < 4.78 is 0. The van der Waals surface area contributed by atoms with Crippen LogP contribution in [0.4, 0.5) is 0 Å². The molecule has 3 nitrogen and oxygen atoms in total. The normalized spacial score (nSPS) is 44.4. The van der Waals surface area contributed by atoms with Crippen molar-refractivity contribution in [1.82, 2.24) is 5.32 Å². The first kappa shape index (κ1) is 16.3. The van der Waals surface area contributed by atoms with Crippen LogP contribution in [0, 0.1) is 29.1 Å². The van der Waals surface area contributed by atoms with Gasteiger partial charge in [0.1, 0.15) is 0 Å². The van der Waals surface area contributed by atoms with Crippen molar-refractivity contribution in [2.45, 2.75) is 84.2 Å². The van der Waals surface area contributed by atoms with Gasteiger partial charge < -0.3 is 11.1 Å². The van der Waals surface area contributed by atoms with E-state index in [1.165, 1.54) is 32.1 Å². The van der Waals surface area contributed by atoms with E-state index in [1.54, 1.807) is 0 Å². The van der Waals surface area contributed by atoms with Gasteiger partial charge >= 0.3 is 0 Å². The van der Waals surface area contributed by atoms with Crippen molar-refractivity contribution in [2.75, 3.05) is 0 Å². The van der Waals surface area contributed by atoms with Gasteiger partial charge in [0.05, 0.1) is 0 Å². The van der Waals surface area contributed by atoms with Gasteiger partial charge in [0.2, 0.25) is 5.91 Å². The number of nitrogens with one attached hydrogen (secondary N) is 1. The fraction of sp³-hybridized carbons (Fsp3) is 0.947. The second-order valence-electron chi connectivity index (χ2n) is 9.20. The minimum atomic E-state index is 0.220. The lowest BCUT2D eigenvalue weighted by Crippen LogP contribution is -2.51. The molecule has 2 bridgehead atoms. The van der Waals surface area contributed by atoms with E-state index >= 15 is 0 Å². The van der Waals surface area contributed by atoms with Crippen LogP contribution in [0.15, 0.2) is 0 Å². The van der Waals surface area contributed by atoms with Crippen molar-refractivity contribution < 1.29 is 4.79 Å². The Hall–Kier alpha value is -0.570. The highest BCUT2D eigenvalue weighted by Crippen LogP contribution is 2.42. The summed E-state index contributed by atoms with van der Waals surface area (Å²) in [7, 11) is 0. The van der Waals surface area contributed by atoms with Crippen LogP contribution >= 0.6 is 0 Å². The van der Waals surface area contributed by atoms with E-state index in [4.69, 9.17) is 5.73 Å². The van der Waals surface area contributed by atoms with Crippen LogP contribution in [0.25, 0.3) is 0 Å². The van der Waals surface area contributed by atoms with E-state index in [0.29, 0.717) is 41.2 Å². The Balaban J connectivity index is 1.56. The summed E-state index contributed by atoms with van der Waals surface area (Å²) in [6.45, 7) is 7.01. The molecule has 4 atom stereocenters. The van der Waals surface area contributed by atoms with Gasteiger partial charge in [-0.15, -0.1) is 0 Å². The Bertz CT molecular complexity index is 406. The molecular weight excluding hydrogens is 272 g/mol. The Morgan fingerprint density at radius 3 is 2.36 bits per heavy atom. The van der Waals surface area contributed by atoms with Gasteiger partial charge in [-0.05, 0) is 68.1 Å². The predicted octanol–water partition coefficient (Wildman–Crippen LogP) is 3.47. The average Bonchev–Trinajstić information content (AvgIpc) is 2.41. The molecule has 0 aromatic carbocycles. The number of rotatable bonds is 2. The van der Waals surface area contributed by atoms with Crippen molar-refractivity contribution >= 4 is 5.91 Å². The molecule has 3 N–H and O–H groups in total. The van der Waals surface area contributed by atoms with E-state index in [9.17, 15) is 4.79 Å². The second kappa shape index (κ2) is 6.14. The first-order chi connectivity index (χ1) is 10.4. The van der Waals surface area contributed by atoms with Gasteiger partial charge in [-0.3, -0.25) is 4.79 Å². The summed E-state index contributed by atoms with van der Waals surface area (Å²) >= 11 is 0. The van der Waals surface area contributed by atoms with E-state index in [2.05, 4.69) is 26.1 Å². The molecule has 4 unspecified atom stereocenters. The summed E-state index contributed by atoms with van der Waals surface area (Å²) in [6.07, 6.45) is 9.41. The van der Waals surface area contributed by atoms with E-state index in [0.717, 1.165) is 19.3 Å². The zero-order valence-electron chi connectivity index (χ0n) is 14.6. The van der Waals surface area contributed by atoms with Crippen molar-refractivity contribution in [3.63, 3.8) is 0 Å². The van der Waals surface area contributed by atoms with Gasteiger partial charge in [0.25, 0.3) is 0 Å². The van der Waals surface area contributed by atoms with Crippen LogP contribution in [0.1, 0.15) is 72.1 Å². The molecule has 3 aliphatic rings. The number of carbonyl (C=O) groups is 1. The zero-order valence-corrected chi connectivity index (χ0v) is 14.6. The monoisotopic (exact) mass is 306 g/mol. The number of amides is 1. The summed E-state index contributed by atoms with van der Waals surface area (Å²) in [5.74, 6) is 2.31. The van der Waals surface area contributed by atoms with Crippen LogP contribution in [-0.4, -0.2) is 18.0 Å². The van der Waals surface area contributed by atoms with Gasteiger partial charge in [-0.1, -0.05) is 27.2 Å². The molecule has 1 amide bonds. The lowest BCUT2D eigenvalue weighted by molar-refractivity contribution is -0.129. The van der Waals surface area contributed by atoms with Crippen LogP contribution < -0.4 is 11.1 Å². The maximum absolute atomic E-state index is 12.8. The highest BCUT2D eigenvalue weighted by atomic mass is 16.1. The maximum atomic E-state index is 12.8.